The summed E-state index contributed by atoms with van der Waals surface area (Å²) in [6.45, 7) is 0. The first-order chi connectivity index (χ1) is 10.0. The van der Waals surface area contributed by atoms with Gasteiger partial charge >= 0.3 is 6.18 Å². The van der Waals surface area contributed by atoms with Crippen LogP contribution in [0.2, 0.25) is 0 Å². The van der Waals surface area contributed by atoms with E-state index in [1.165, 1.54) is 24.0 Å². The molecule has 0 aliphatic carbocycles. The molecule has 2 rings (SSSR count). The van der Waals surface area contributed by atoms with E-state index in [9.17, 15) is 13.2 Å². The number of hydrazone groups is 1. The molecular weight excluding hydrogens is 297 g/mol. The Kier molecular flexibility index (Phi) is 4.90. The van der Waals surface area contributed by atoms with Crippen LogP contribution in [-0.4, -0.2) is 12.5 Å². The van der Waals surface area contributed by atoms with Crippen LogP contribution in [0.15, 0.2) is 58.5 Å². The molecule has 0 amide bonds. The third-order valence-corrected chi connectivity index (χ3v) is 3.46. The smallest absolute Gasteiger partial charge is 0.279 e. The quantitative estimate of drug-likeness (QED) is 0.495. The summed E-state index contributed by atoms with van der Waals surface area (Å²) >= 11 is 1.27. The van der Waals surface area contributed by atoms with Gasteiger partial charge in [-0.2, -0.15) is 18.3 Å². The number of rotatable bonds is 4. The van der Waals surface area contributed by atoms with E-state index < -0.39 is 11.7 Å². The van der Waals surface area contributed by atoms with Gasteiger partial charge in [0.2, 0.25) is 0 Å². The first kappa shape index (κ1) is 15.4. The Hall–Kier alpha value is -1.95. The lowest BCUT2D eigenvalue weighted by molar-refractivity contribution is -0.137. The molecule has 2 nitrogen and oxygen atoms in total. The van der Waals surface area contributed by atoms with Crippen molar-refractivity contribution in [3.05, 3.63) is 59.7 Å². The highest BCUT2D eigenvalue weighted by Gasteiger charge is 2.33. The summed E-state index contributed by atoms with van der Waals surface area (Å²) in [7, 11) is 0. The molecule has 1 N–H and O–H groups in total. The number of benzene rings is 2. The zero-order valence-electron chi connectivity index (χ0n) is 11.2. The van der Waals surface area contributed by atoms with Gasteiger partial charge in [-0.15, -0.1) is 11.8 Å². The van der Waals surface area contributed by atoms with Gasteiger partial charge in [0.25, 0.3) is 0 Å². The number of para-hydroxylation sites is 1. The Labute approximate surface area is 125 Å². The molecular formula is C15H13F3N2S. The second kappa shape index (κ2) is 6.67. The lowest BCUT2D eigenvalue weighted by Gasteiger charge is -2.11. The summed E-state index contributed by atoms with van der Waals surface area (Å²) in [5.74, 6) is 0. The molecule has 0 atom stereocenters. The molecule has 0 unspecified atom stereocenters. The Morgan fingerprint density at radius 1 is 1.10 bits per heavy atom. The Balaban J connectivity index is 2.23. The largest absolute Gasteiger partial charge is 0.417 e. The van der Waals surface area contributed by atoms with Gasteiger partial charge in [0, 0.05) is 10.5 Å². The molecule has 6 heteroatoms. The highest BCUT2D eigenvalue weighted by Crippen LogP contribution is 2.33. The maximum absolute atomic E-state index is 13.0. The van der Waals surface area contributed by atoms with Crippen molar-refractivity contribution in [2.24, 2.45) is 5.10 Å². The molecule has 2 aromatic rings. The van der Waals surface area contributed by atoms with E-state index in [2.05, 4.69) is 10.5 Å². The Bertz CT molecular complexity index is 625. The van der Waals surface area contributed by atoms with Gasteiger partial charge in [0.05, 0.1) is 17.5 Å². The summed E-state index contributed by atoms with van der Waals surface area (Å²) in [5, 5.41) is 3.86. The summed E-state index contributed by atoms with van der Waals surface area (Å²) in [6, 6.07) is 13.2. The number of nitrogens with one attached hydrogen (secondary N) is 1. The predicted octanol–water partition coefficient (Wildman–Crippen LogP) is 4.87. The van der Waals surface area contributed by atoms with E-state index in [-0.39, 0.29) is 5.56 Å². The second-order valence-electron chi connectivity index (χ2n) is 4.19. The fourth-order valence-corrected chi connectivity index (χ4v) is 2.15. The average molecular weight is 310 g/mol. The van der Waals surface area contributed by atoms with Gasteiger partial charge in [-0.1, -0.05) is 24.3 Å². The number of alkyl halides is 3. The molecule has 0 heterocycles. The van der Waals surface area contributed by atoms with E-state index in [1.54, 1.807) is 24.5 Å². The molecule has 0 aliphatic rings. The highest BCUT2D eigenvalue weighted by atomic mass is 32.2. The number of hydrogen-bond acceptors (Lipinski definition) is 3. The molecule has 0 fully saturated rings. The van der Waals surface area contributed by atoms with Crippen LogP contribution in [-0.2, 0) is 6.18 Å². The van der Waals surface area contributed by atoms with Crippen LogP contribution in [0.4, 0.5) is 18.9 Å². The molecule has 0 saturated heterocycles. The van der Waals surface area contributed by atoms with Crippen molar-refractivity contribution in [2.75, 3.05) is 11.7 Å². The van der Waals surface area contributed by atoms with E-state index in [0.717, 1.165) is 6.07 Å². The Morgan fingerprint density at radius 2 is 1.81 bits per heavy atom. The van der Waals surface area contributed by atoms with Gasteiger partial charge in [0.1, 0.15) is 0 Å². The normalized spacial score (nSPS) is 11.8. The van der Waals surface area contributed by atoms with Crippen molar-refractivity contribution in [3.63, 3.8) is 0 Å². The maximum atomic E-state index is 13.0. The number of thioether (sulfide) groups is 1. The molecule has 0 aliphatic heterocycles. The van der Waals surface area contributed by atoms with Crippen LogP contribution in [0.5, 0.6) is 0 Å². The van der Waals surface area contributed by atoms with Crippen LogP contribution >= 0.6 is 11.8 Å². The van der Waals surface area contributed by atoms with Gasteiger partial charge in [-0.25, -0.2) is 0 Å². The zero-order valence-corrected chi connectivity index (χ0v) is 12.0. The highest BCUT2D eigenvalue weighted by molar-refractivity contribution is 7.98. The topological polar surface area (TPSA) is 24.4 Å². The third kappa shape index (κ3) is 4.26. The maximum Gasteiger partial charge on any atom is 0.417 e. The van der Waals surface area contributed by atoms with Crippen molar-refractivity contribution >= 4 is 23.7 Å². The van der Waals surface area contributed by atoms with Crippen molar-refractivity contribution in [1.29, 1.82) is 0 Å². The molecule has 0 saturated carbocycles. The van der Waals surface area contributed by atoms with Crippen molar-refractivity contribution in [1.82, 2.24) is 0 Å². The van der Waals surface area contributed by atoms with Gasteiger partial charge < -0.3 is 0 Å². The summed E-state index contributed by atoms with van der Waals surface area (Å²) < 4.78 is 39.1. The van der Waals surface area contributed by atoms with E-state index in [0.29, 0.717) is 10.6 Å². The predicted molar refractivity (Wildman–Crippen MR) is 80.9 cm³/mol. The summed E-state index contributed by atoms with van der Waals surface area (Å²) in [4.78, 5) is 0.565. The van der Waals surface area contributed by atoms with Crippen molar-refractivity contribution in [3.8, 4) is 0 Å². The fraction of sp³-hybridized carbons (Fsp3) is 0.133. The lowest BCUT2D eigenvalue weighted by atomic mass is 10.1. The van der Waals surface area contributed by atoms with E-state index in [4.69, 9.17) is 0 Å². The minimum atomic E-state index is -4.40. The molecule has 0 bridgehead atoms. The molecule has 2 aromatic carbocycles. The van der Waals surface area contributed by atoms with E-state index >= 15 is 0 Å². The van der Waals surface area contributed by atoms with Crippen LogP contribution in [0.1, 0.15) is 11.1 Å². The van der Waals surface area contributed by atoms with E-state index in [1.807, 2.05) is 18.2 Å². The first-order valence-electron chi connectivity index (χ1n) is 6.10. The summed E-state index contributed by atoms with van der Waals surface area (Å²) in [6.07, 6.45) is -1.49. The second-order valence-corrected chi connectivity index (χ2v) is 5.07. The summed E-state index contributed by atoms with van der Waals surface area (Å²) in [5.41, 5.74) is 2.75. The fourth-order valence-electron chi connectivity index (χ4n) is 1.71. The zero-order chi connectivity index (χ0) is 15.3. The average Bonchev–Trinajstić information content (AvgIpc) is 2.47. The number of halogens is 3. The van der Waals surface area contributed by atoms with Gasteiger partial charge in [0.15, 0.2) is 0 Å². The first-order valence-corrected chi connectivity index (χ1v) is 7.32. The lowest BCUT2D eigenvalue weighted by Crippen LogP contribution is -2.09. The van der Waals surface area contributed by atoms with Gasteiger partial charge in [-0.3, -0.25) is 5.43 Å². The molecule has 110 valence electrons. The monoisotopic (exact) mass is 310 g/mol. The SMILES string of the molecule is CSc1ccc(C=NNc2ccccc2)c(C(F)(F)F)c1. The van der Waals surface area contributed by atoms with Crippen molar-refractivity contribution in [2.45, 2.75) is 11.1 Å². The standard InChI is InChI=1S/C15H13F3N2S/c1-21-13-8-7-11(14(9-13)15(16,17)18)10-19-20-12-5-3-2-4-6-12/h2-10,20H,1H3. The molecule has 0 radical (unpaired) electrons. The molecule has 0 spiro atoms. The molecule has 21 heavy (non-hydrogen) atoms. The van der Waals surface area contributed by atoms with Crippen LogP contribution in [0.25, 0.3) is 0 Å². The number of nitrogens with zero attached hydrogens (tertiary/aromatic N) is 1. The minimum Gasteiger partial charge on any atom is -0.279 e. The van der Waals surface area contributed by atoms with Crippen molar-refractivity contribution < 1.29 is 13.2 Å². The third-order valence-electron chi connectivity index (χ3n) is 2.74. The minimum absolute atomic E-state index is 0.0312. The number of hydrogen-bond donors (Lipinski definition) is 1. The Morgan fingerprint density at radius 3 is 2.43 bits per heavy atom. The number of anilines is 1. The van der Waals surface area contributed by atoms with Crippen LogP contribution in [0.3, 0.4) is 0 Å². The molecule has 0 aromatic heterocycles. The van der Waals surface area contributed by atoms with Gasteiger partial charge in [-0.05, 0) is 30.5 Å². The van der Waals surface area contributed by atoms with Crippen LogP contribution < -0.4 is 5.43 Å². The van der Waals surface area contributed by atoms with Crippen LogP contribution in [0, 0.1) is 0 Å².